The van der Waals surface area contributed by atoms with Crippen LogP contribution in [0.15, 0.2) is 24.3 Å². The minimum absolute atomic E-state index is 0.0562. The van der Waals surface area contributed by atoms with Gasteiger partial charge < -0.3 is 20.9 Å². The largest absolute Gasteiger partial charge is 0.383 e. The van der Waals surface area contributed by atoms with E-state index >= 15 is 0 Å². The molecule has 0 unspecified atom stereocenters. The summed E-state index contributed by atoms with van der Waals surface area (Å²) >= 11 is 0. The molecular formula is C23H27FN8O. The number of nitrogens with two attached hydrogens (primary N) is 1. The monoisotopic (exact) mass is 450 g/mol. The fourth-order valence-electron chi connectivity index (χ4n) is 4.80. The van der Waals surface area contributed by atoms with Crippen LogP contribution in [0.5, 0.6) is 0 Å². The number of hydrogen-bond acceptors (Lipinski definition) is 7. The zero-order valence-electron chi connectivity index (χ0n) is 19.0. The van der Waals surface area contributed by atoms with E-state index in [1.807, 2.05) is 13.0 Å². The van der Waals surface area contributed by atoms with Crippen LogP contribution in [0.3, 0.4) is 0 Å². The Morgan fingerprint density at radius 3 is 2.82 bits per heavy atom. The molecule has 0 aliphatic carbocycles. The standard InChI is InChI=1S/C23H27FN8O/c1-13-20-17-12-19(22(25)28-27-17)32-9-4-5-18(32)15-11-14(24)6-7-16(15)26-8-10-30(2)23(33)21(20)29-31(13)3/h6-7,11-12,18,26H,4-5,8-10H2,1-3H3,(H2,25,28)/t18-/m1/s1. The van der Waals surface area contributed by atoms with Gasteiger partial charge in [0.2, 0.25) is 0 Å². The highest BCUT2D eigenvalue weighted by Gasteiger charge is 2.32. The van der Waals surface area contributed by atoms with Crippen molar-refractivity contribution in [2.24, 2.45) is 7.05 Å². The second kappa shape index (κ2) is 8.02. The van der Waals surface area contributed by atoms with Crippen LogP contribution in [-0.4, -0.2) is 57.5 Å². The maximum absolute atomic E-state index is 14.3. The van der Waals surface area contributed by atoms with Crippen molar-refractivity contribution in [1.29, 1.82) is 0 Å². The molecule has 0 saturated carbocycles. The molecule has 9 nitrogen and oxygen atoms in total. The third-order valence-electron chi connectivity index (χ3n) is 6.64. The van der Waals surface area contributed by atoms with Gasteiger partial charge in [-0.05, 0) is 44.0 Å². The van der Waals surface area contributed by atoms with Gasteiger partial charge in [-0.2, -0.15) is 5.10 Å². The summed E-state index contributed by atoms with van der Waals surface area (Å²) in [7, 11) is 3.55. The lowest BCUT2D eigenvalue weighted by atomic mass is 10.0. The third kappa shape index (κ3) is 3.55. The molecule has 1 fully saturated rings. The number of nitrogens with zero attached hydrogens (tertiary/aromatic N) is 6. The van der Waals surface area contributed by atoms with Crippen molar-refractivity contribution in [2.75, 3.05) is 42.6 Å². The number of benzene rings is 1. The van der Waals surface area contributed by atoms with Gasteiger partial charge in [0.15, 0.2) is 11.5 Å². The highest BCUT2D eigenvalue weighted by molar-refractivity contribution is 5.99. The SMILES string of the molecule is Cc1c2c(nn1C)C(=O)N(C)CCNc1ccc(F)cc1[C@H]1CCCN1c1cc-2nnc1N. The fourth-order valence-corrected chi connectivity index (χ4v) is 4.80. The summed E-state index contributed by atoms with van der Waals surface area (Å²) in [5.74, 6) is -0.186. The molecule has 172 valence electrons. The molecule has 0 spiro atoms. The van der Waals surface area contributed by atoms with Crippen molar-refractivity contribution in [1.82, 2.24) is 24.9 Å². The van der Waals surface area contributed by atoms with Crippen LogP contribution in [-0.2, 0) is 7.05 Å². The van der Waals surface area contributed by atoms with Crippen LogP contribution in [0.4, 0.5) is 21.6 Å². The summed E-state index contributed by atoms with van der Waals surface area (Å²) in [5, 5.41) is 16.4. The van der Waals surface area contributed by atoms with Crippen molar-refractivity contribution >= 4 is 23.1 Å². The lowest BCUT2D eigenvalue weighted by Crippen LogP contribution is -2.32. The Morgan fingerprint density at radius 2 is 2.00 bits per heavy atom. The molecule has 1 atom stereocenters. The van der Waals surface area contributed by atoms with Crippen LogP contribution in [0.2, 0.25) is 0 Å². The summed E-state index contributed by atoms with van der Waals surface area (Å²) in [4.78, 5) is 17.1. The Kier molecular flexibility index (Phi) is 5.15. The predicted molar refractivity (Wildman–Crippen MR) is 125 cm³/mol. The molecule has 2 aromatic heterocycles. The van der Waals surface area contributed by atoms with E-state index in [1.165, 1.54) is 6.07 Å². The Balaban J connectivity index is 1.72. The number of likely N-dealkylation sites (N-methyl/N-ethyl adjacent to an activating group) is 1. The first-order valence-electron chi connectivity index (χ1n) is 11.1. The van der Waals surface area contributed by atoms with Gasteiger partial charge in [0.05, 0.1) is 23.0 Å². The van der Waals surface area contributed by atoms with E-state index < -0.39 is 0 Å². The summed E-state index contributed by atoms with van der Waals surface area (Å²) < 4.78 is 16.0. The van der Waals surface area contributed by atoms with E-state index in [1.54, 1.807) is 35.8 Å². The lowest BCUT2D eigenvalue weighted by molar-refractivity contribution is 0.0794. The van der Waals surface area contributed by atoms with Crippen molar-refractivity contribution in [2.45, 2.75) is 25.8 Å². The Morgan fingerprint density at radius 1 is 1.18 bits per heavy atom. The van der Waals surface area contributed by atoms with Gasteiger partial charge in [0.1, 0.15) is 5.82 Å². The number of hydrogen-bond donors (Lipinski definition) is 2. The number of halogens is 1. The summed E-state index contributed by atoms with van der Waals surface area (Å²) in [6.45, 7) is 3.63. The molecule has 0 radical (unpaired) electrons. The first-order valence-corrected chi connectivity index (χ1v) is 11.1. The number of rotatable bonds is 0. The van der Waals surface area contributed by atoms with Crippen LogP contribution >= 0.6 is 0 Å². The number of carbonyl (C=O) groups is 1. The minimum Gasteiger partial charge on any atom is -0.383 e. The van der Waals surface area contributed by atoms with Gasteiger partial charge in [-0.15, -0.1) is 10.2 Å². The highest BCUT2D eigenvalue weighted by Crippen LogP contribution is 2.42. The van der Waals surface area contributed by atoms with Gasteiger partial charge in [-0.25, -0.2) is 4.39 Å². The van der Waals surface area contributed by atoms with Crippen LogP contribution in [0.1, 0.15) is 40.6 Å². The fraction of sp³-hybridized carbons (Fsp3) is 0.391. The molecule has 1 saturated heterocycles. The molecule has 2 bridgehead atoms. The zero-order valence-corrected chi connectivity index (χ0v) is 19.0. The van der Waals surface area contributed by atoms with Gasteiger partial charge in [0, 0.05) is 50.7 Å². The first kappa shape index (κ1) is 21.2. The maximum atomic E-state index is 14.3. The summed E-state index contributed by atoms with van der Waals surface area (Å²) in [6, 6.07) is 6.61. The van der Waals surface area contributed by atoms with Crippen LogP contribution in [0.25, 0.3) is 11.3 Å². The molecule has 10 heteroatoms. The summed E-state index contributed by atoms with van der Waals surface area (Å²) in [5.41, 5.74) is 11.1. The normalized spacial score (nSPS) is 18.3. The minimum atomic E-state index is -0.284. The topological polar surface area (TPSA) is 105 Å². The molecule has 1 amide bonds. The van der Waals surface area contributed by atoms with E-state index in [-0.39, 0.29) is 17.8 Å². The predicted octanol–water partition coefficient (Wildman–Crippen LogP) is 2.75. The number of nitrogen functional groups attached to an aromatic ring is 1. The van der Waals surface area contributed by atoms with E-state index in [9.17, 15) is 9.18 Å². The molecule has 2 aliphatic rings. The Labute approximate surface area is 191 Å². The van der Waals surface area contributed by atoms with Gasteiger partial charge >= 0.3 is 0 Å². The number of aromatic nitrogens is 4. The molecule has 4 heterocycles. The third-order valence-corrected chi connectivity index (χ3v) is 6.64. The number of carbonyl (C=O) groups excluding carboxylic acids is 1. The number of fused-ring (bicyclic) bond motifs is 8. The first-order chi connectivity index (χ1) is 15.8. The quantitative estimate of drug-likeness (QED) is 0.543. The summed E-state index contributed by atoms with van der Waals surface area (Å²) in [6.07, 6.45) is 1.81. The van der Waals surface area contributed by atoms with E-state index in [2.05, 4.69) is 25.5 Å². The second-order valence-corrected chi connectivity index (χ2v) is 8.67. The van der Waals surface area contributed by atoms with Crippen molar-refractivity contribution in [3.05, 3.63) is 47.0 Å². The smallest absolute Gasteiger partial charge is 0.274 e. The molecule has 3 aromatic rings. The molecule has 3 N–H and O–H groups in total. The second-order valence-electron chi connectivity index (χ2n) is 8.67. The highest BCUT2D eigenvalue weighted by atomic mass is 19.1. The maximum Gasteiger partial charge on any atom is 0.274 e. The number of aryl methyl sites for hydroxylation is 1. The van der Waals surface area contributed by atoms with Crippen molar-refractivity contribution < 1.29 is 9.18 Å². The molecular weight excluding hydrogens is 423 g/mol. The molecule has 33 heavy (non-hydrogen) atoms. The molecule has 5 rings (SSSR count). The Hall–Kier alpha value is -3.69. The average molecular weight is 451 g/mol. The van der Waals surface area contributed by atoms with E-state index in [0.717, 1.165) is 42.0 Å². The van der Waals surface area contributed by atoms with Gasteiger partial charge in [-0.3, -0.25) is 9.48 Å². The Bertz CT molecular complexity index is 1240. The lowest BCUT2D eigenvalue weighted by Gasteiger charge is -2.30. The van der Waals surface area contributed by atoms with Gasteiger partial charge in [0.25, 0.3) is 5.91 Å². The number of amides is 1. The van der Waals surface area contributed by atoms with Crippen molar-refractivity contribution in [3.8, 4) is 11.3 Å². The van der Waals surface area contributed by atoms with Crippen LogP contribution < -0.4 is 16.0 Å². The van der Waals surface area contributed by atoms with Gasteiger partial charge in [-0.1, -0.05) is 0 Å². The molecule has 1 aromatic carbocycles. The van der Waals surface area contributed by atoms with E-state index in [4.69, 9.17) is 5.73 Å². The zero-order chi connectivity index (χ0) is 23.3. The number of nitrogens with one attached hydrogen (secondary N) is 1. The molecule has 2 aliphatic heterocycles. The van der Waals surface area contributed by atoms with Crippen LogP contribution in [0, 0.1) is 12.7 Å². The van der Waals surface area contributed by atoms with E-state index in [0.29, 0.717) is 35.9 Å². The van der Waals surface area contributed by atoms with Crippen molar-refractivity contribution in [3.63, 3.8) is 0 Å². The number of anilines is 3. The average Bonchev–Trinajstić information content (AvgIpc) is 3.39.